The molecule has 3 rings (SSSR count). The van der Waals surface area contributed by atoms with Crippen LogP contribution in [-0.4, -0.2) is 34.9 Å². The van der Waals surface area contributed by atoms with Gasteiger partial charge in [0.2, 0.25) is 0 Å². The third-order valence-electron chi connectivity index (χ3n) is 4.69. The molecule has 0 N–H and O–H groups in total. The number of sulfone groups is 1. The van der Waals surface area contributed by atoms with Gasteiger partial charge in [0.25, 0.3) is 0 Å². The zero-order valence-electron chi connectivity index (χ0n) is 15.2. The molecule has 2 aromatic heterocycles. The van der Waals surface area contributed by atoms with Crippen molar-refractivity contribution in [3.63, 3.8) is 0 Å². The first-order valence-corrected chi connectivity index (χ1v) is 10.2. The van der Waals surface area contributed by atoms with Crippen LogP contribution in [0, 0.1) is 0 Å². The highest BCUT2D eigenvalue weighted by atomic mass is 32.2. The van der Waals surface area contributed by atoms with E-state index in [1.54, 1.807) is 19.2 Å². The number of hydrogen-bond acceptors (Lipinski definition) is 4. The fraction of sp³-hybridized carbons (Fsp3) is 0.444. The van der Waals surface area contributed by atoms with Crippen molar-refractivity contribution in [2.24, 2.45) is 7.05 Å². The van der Waals surface area contributed by atoms with Crippen LogP contribution in [0.3, 0.4) is 0 Å². The number of allylic oxidation sites excluding steroid dienone is 1. The average molecular weight is 399 g/mol. The van der Waals surface area contributed by atoms with Crippen LogP contribution >= 0.6 is 0 Å². The van der Waals surface area contributed by atoms with E-state index in [1.807, 2.05) is 0 Å². The molecule has 9 heteroatoms. The topological polar surface area (TPSA) is 64.8 Å². The molecule has 1 fully saturated rings. The second kappa shape index (κ2) is 6.78. The first-order valence-electron chi connectivity index (χ1n) is 8.55. The third kappa shape index (κ3) is 3.92. The van der Waals surface area contributed by atoms with Crippen LogP contribution in [0.5, 0.6) is 0 Å². The molecule has 1 aliphatic carbocycles. The highest BCUT2D eigenvalue weighted by molar-refractivity contribution is 7.91. The number of imidazole rings is 1. The monoisotopic (exact) mass is 399 g/mol. The molecule has 0 bridgehead atoms. The van der Waals surface area contributed by atoms with E-state index in [4.69, 9.17) is 0 Å². The van der Waals surface area contributed by atoms with Gasteiger partial charge in [0, 0.05) is 18.8 Å². The van der Waals surface area contributed by atoms with E-state index in [1.165, 1.54) is 17.8 Å². The Morgan fingerprint density at radius 3 is 2.52 bits per heavy atom. The molecular formula is C18H20F3N3O2S. The molecule has 0 unspecified atom stereocenters. The van der Waals surface area contributed by atoms with Gasteiger partial charge >= 0.3 is 6.18 Å². The molecule has 5 nitrogen and oxygen atoms in total. The predicted octanol–water partition coefficient (Wildman–Crippen LogP) is 4.12. The predicted molar refractivity (Wildman–Crippen MR) is 95.8 cm³/mol. The van der Waals surface area contributed by atoms with Gasteiger partial charge in [0.05, 0.1) is 22.5 Å². The number of aromatic nitrogens is 3. The summed E-state index contributed by atoms with van der Waals surface area (Å²) in [6.45, 7) is 2.52. The molecule has 27 heavy (non-hydrogen) atoms. The summed E-state index contributed by atoms with van der Waals surface area (Å²) in [6.07, 6.45) is 1.45. The summed E-state index contributed by atoms with van der Waals surface area (Å²) in [7, 11) is -2.03. The summed E-state index contributed by atoms with van der Waals surface area (Å²) in [5, 5.41) is 0. The zero-order chi connectivity index (χ0) is 20.0. The molecule has 2 heterocycles. The van der Waals surface area contributed by atoms with Crippen molar-refractivity contribution in [3.05, 3.63) is 35.3 Å². The molecule has 0 aliphatic heterocycles. The van der Waals surface area contributed by atoms with Gasteiger partial charge in [-0.05, 0) is 43.4 Å². The van der Waals surface area contributed by atoms with Crippen LogP contribution in [0.4, 0.5) is 13.2 Å². The van der Waals surface area contributed by atoms with Crippen LogP contribution in [0.1, 0.15) is 43.9 Å². The van der Waals surface area contributed by atoms with Gasteiger partial charge in [-0.1, -0.05) is 6.92 Å². The maximum absolute atomic E-state index is 12.8. The number of alkyl halides is 3. The molecule has 0 spiro atoms. The van der Waals surface area contributed by atoms with E-state index in [-0.39, 0.29) is 27.9 Å². The SMILES string of the molecule is CCS(=O)(=O)c1cc(C2CC2)cnc1-c1ncc(/C=C(\C)C(F)(F)F)n1C. The third-order valence-corrected chi connectivity index (χ3v) is 6.43. The second-order valence-corrected chi connectivity index (χ2v) is 8.93. The van der Waals surface area contributed by atoms with E-state index in [9.17, 15) is 21.6 Å². The second-order valence-electron chi connectivity index (χ2n) is 6.68. The molecule has 0 saturated heterocycles. The molecule has 0 aromatic carbocycles. The van der Waals surface area contributed by atoms with Crippen LogP contribution in [0.2, 0.25) is 0 Å². The summed E-state index contributed by atoms with van der Waals surface area (Å²) in [4.78, 5) is 8.54. The Kier molecular flexibility index (Phi) is 4.92. The maximum atomic E-state index is 12.8. The largest absolute Gasteiger partial charge is 0.412 e. The van der Waals surface area contributed by atoms with Gasteiger partial charge in [0.15, 0.2) is 15.7 Å². The number of rotatable bonds is 5. The van der Waals surface area contributed by atoms with E-state index in [0.29, 0.717) is 5.92 Å². The number of hydrogen-bond donors (Lipinski definition) is 0. The van der Waals surface area contributed by atoms with Gasteiger partial charge in [-0.25, -0.2) is 13.4 Å². The molecular weight excluding hydrogens is 379 g/mol. The fourth-order valence-corrected chi connectivity index (χ4v) is 3.81. The summed E-state index contributed by atoms with van der Waals surface area (Å²) < 4.78 is 65.0. The van der Waals surface area contributed by atoms with Crippen molar-refractivity contribution in [1.82, 2.24) is 14.5 Å². The van der Waals surface area contributed by atoms with Crippen molar-refractivity contribution >= 4 is 15.9 Å². The first kappa shape index (κ1) is 19.6. The highest BCUT2D eigenvalue weighted by Crippen LogP contribution is 2.41. The fourth-order valence-electron chi connectivity index (χ4n) is 2.74. The molecule has 146 valence electrons. The molecule has 1 saturated carbocycles. The molecule has 1 aliphatic rings. The van der Waals surface area contributed by atoms with Crippen molar-refractivity contribution < 1.29 is 21.6 Å². The lowest BCUT2D eigenvalue weighted by molar-refractivity contribution is -0.0903. The minimum absolute atomic E-state index is 0.0752. The summed E-state index contributed by atoms with van der Waals surface area (Å²) >= 11 is 0. The normalized spacial score (nSPS) is 16.0. The average Bonchev–Trinajstić information content (AvgIpc) is 3.39. The Bertz CT molecular complexity index is 1000. The quantitative estimate of drug-likeness (QED) is 0.759. The van der Waals surface area contributed by atoms with Gasteiger partial charge < -0.3 is 4.57 Å². The summed E-state index contributed by atoms with van der Waals surface area (Å²) in [5.41, 5.74) is 0.476. The van der Waals surface area contributed by atoms with Gasteiger partial charge in [0.1, 0.15) is 5.69 Å². The van der Waals surface area contributed by atoms with Crippen LogP contribution in [-0.2, 0) is 16.9 Å². The van der Waals surface area contributed by atoms with E-state index in [2.05, 4.69) is 9.97 Å². The van der Waals surface area contributed by atoms with Crippen LogP contribution in [0.25, 0.3) is 17.6 Å². The van der Waals surface area contributed by atoms with Gasteiger partial charge in [-0.2, -0.15) is 13.2 Å². The molecule has 2 aromatic rings. The standard InChI is InChI=1S/C18H20F3N3O2S/c1-4-27(25,26)15-8-13(12-5-6-12)9-22-16(15)17-23-10-14(24(17)3)7-11(2)18(19,20)21/h7-10,12H,4-6H2,1-3H3/b11-7+. The van der Waals surface area contributed by atoms with Crippen LogP contribution in [0.15, 0.2) is 28.9 Å². The van der Waals surface area contributed by atoms with Crippen molar-refractivity contribution in [3.8, 4) is 11.5 Å². The lowest BCUT2D eigenvalue weighted by atomic mass is 10.2. The Labute approximate surface area is 155 Å². The van der Waals surface area contributed by atoms with E-state index in [0.717, 1.165) is 31.4 Å². The summed E-state index contributed by atoms with van der Waals surface area (Å²) in [6, 6.07) is 1.63. The zero-order valence-corrected chi connectivity index (χ0v) is 16.0. The van der Waals surface area contributed by atoms with E-state index < -0.39 is 21.6 Å². The first-order chi connectivity index (χ1) is 12.5. The minimum atomic E-state index is -4.44. The lowest BCUT2D eigenvalue weighted by Crippen LogP contribution is -2.10. The number of halogens is 3. The Balaban J connectivity index is 2.12. The van der Waals surface area contributed by atoms with Gasteiger partial charge in [-0.3, -0.25) is 4.98 Å². The Hall–Kier alpha value is -2.16. The van der Waals surface area contributed by atoms with Crippen molar-refractivity contribution in [2.45, 2.75) is 43.7 Å². The molecule has 0 radical (unpaired) electrons. The summed E-state index contributed by atoms with van der Waals surface area (Å²) in [5.74, 6) is 0.442. The Morgan fingerprint density at radius 1 is 1.30 bits per heavy atom. The Morgan fingerprint density at radius 2 is 1.96 bits per heavy atom. The molecule has 0 atom stereocenters. The van der Waals surface area contributed by atoms with Crippen molar-refractivity contribution in [2.75, 3.05) is 5.75 Å². The highest BCUT2D eigenvalue weighted by Gasteiger charge is 2.31. The van der Waals surface area contributed by atoms with Gasteiger partial charge in [-0.15, -0.1) is 0 Å². The van der Waals surface area contributed by atoms with E-state index >= 15 is 0 Å². The number of pyridine rings is 1. The molecule has 0 amide bonds. The van der Waals surface area contributed by atoms with Crippen LogP contribution < -0.4 is 0 Å². The smallest absolute Gasteiger partial charge is 0.326 e. The lowest BCUT2D eigenvalue weighted by Gasteiger charge is -2.11. The van der Waals surface area contributed by atoms with Crippen molar-refractivity contribution in [1.29, 1.82) is 0 Å². The number of nitrogens with zero attached hydrogens (tertiary/aromatic N) is 3. The maximum Gasteiger partial charge on any atom is 0.412 e. The minimum Gasteiger partial charge on any atom is -0.326 e.